The van der Waals surface area contributed by atoms with E-state index in [4.69, 9.17) is 4.74 Å². The van der Waals surface area contributed by atoms with Crippen LogP contribution < -0.4 is 10.1 Å². The second-order valence-corrected chi connectivity index (χ2v) is 7.58. The van der Waals surface area contributed by atoms with E-state index >= 15 is 0 Å². The molecule has 0 amide bonds. The van der Waals surface area contributed by atoms with E-state index in [1.54, 1.807) is 7.11 Å². The highest BCUT2D eigenvalue weighted by molar-refractivity contribution is 5.39. The quantitative estimate of drug-likeness (QED) is 0.817. The molecule has 1 aliphatic carbocycles. The van der Waals surface area contributed by atoms with Gasteiger partial charge in [-0.25, -0.2) is 0 Å². The molecule has 0 aromatic heterocycles. The summed E-state index contributed by atoms with van der Waals surface area (Å²) in [6.07, 6.45) is 1.17. The lowest BCUT2D eigenvalue weighted by Gasteiger charge is -2.22. The van der Waals surface area contributed by atoms with Crippen molar-refractivity contribution in [2.45, 2.75) is 54.0 Å². The Balaban J connectivity index is 2.31. The van der Waals surface area contributed by atoms with Crippen molar-refractivity contribution in [3.63, 3.8) is 0 Å². The second-order valence-electron chi connectivity index (χ2n) is 7.58. The van der Waals surface area contributed by atoms with E-state index in [1.165, 1.54) is 17.5 Å². The minimum Gasteiger partial charge on any atom is -0.496 e. The third-order valence-corrected chi connectivity index (χ3v) is 5.86. The summed E-state index contributed by atoms with van der Waals surface area (Å²) in [5, 5.41) is 3.78. The fourth-order valence-electron chi connectivity index (χ4n) is 3.90. The van der Waals surface area contributed by atoms with Crippen molar-refractivity contribution < 1.29 is 4.74 Å². The van der Waals surface area contributed by atoms with E-state index in [0.717, 1.165) is 12.3 Å². The number of aryl methyl sites for hydroxylation is 1. The fourth-order valence-corrected chi connectivity index (χ4v) is 3.90. The first-order chi connectivity index (χ1) is 9.77. The summed E-state index contributed by atoms with van der Waals surface area (Å²) in [6, 6.07) is 7.05. The van der Waals surface area contributed by atoms with Crippen molar-refractivity contribution in [1.29, 1.82) is 0 Å². The van der Waals surface area contributed by atoms with E-state index in [-0.39, 0.29) is 0 Å². The molecular weight excluding hydrogens is 258 g/mol. The Kier molecular flexibility index (Phi) is 4.39. The number of nitrogens with one attached hydrogen (secondary N) is 1. The zero-order valence-corrected chi connectivity index (χ0v) is 14.7. The van der Waals surface area contributed by atoms with Crippen LogP contribution in [0.1, 0.15) is 58.2 Å². The average Bonchev–Trinajstić information content (AvgIpc) is 2.82. The number of ether oxygens (including phenoxy) is 1. The number of rotatable bonds is 6. The molecule has 1 atom stereocenters. The highest BCUT2D eigenvalue weighted by Crippen LogP contribution is 2.72. The summed E-state index contributed by atoms with van der Waals surface area (Å²) in [6.45, 7) is 15.0. The number of benzene rings is 1. The minimum atomic E-state index is 0.381. The molecule has 1 fully saturated rings. The summed E-state index contributed by atoms with van der Waals surface area (Å²) < 4.78 is 5.40. The summed E-state index contributed by atoms with van der Waals surface area (Å²) in [5.74, 6) is 1.65. The molecular formula is C19H31NO. The Morgan fingerprint density at radius 1 is 1.19 bits per heavy atom. The highest BCUT2D eigenvalue weighted by Gasteiger charge is 2.67. The highest BCUT2D eigenvalue weighted by atomic mass is 16.5. The van der Waals surface area contributed by atoms with Gasteiger partial charge in [-0.1, -0.05) is 46.8 Å². The molecule has 1 saturated carbocycles. The lowest BCUT2D eigenvalue weighted by atomic mass is 9.95. The van der Waals surface area contributed by atoms with E-state index < -0.39 is 0 Å². The molecule has 0 heterocycles. The topological polar surface area (TPSA) is 21.3 Å². The van der Waals surface area contributed by atoms with Gasteiger partial charge in [-0.2, -0.15) is 0 Å². The number of hydrogen-bond donors (Lipinski definition) is 1. The van der Waals surface area contributed by atoms with Gasteiger partial charge in [-0.3, -0.25) is 0 Å². The third-order valence-electron chi connectivity index (χ3n) is 5.86. The molecule has 118 valence electrons. The predicted molar refractivity (Wildman–Crippen MR) is 89.8 cm³/mol. The van der Waals surface area contributed by atoms with Crippen LogP contribution in [0.5, 0.6) is 5.75 Å². The molecule has 21 heavy (non-hydrogen) atoms. The van der Waals surface area contributed by atoms with Crippen molar-refractivity contribution in [2.24, 2.45) is 16.7 Å². The molecule has 0 aliphatic heterocycles. The molecule has 0 spiro atoms. The van der Waals surface area contributed by atoms with Gasteiger partial charge in [0, 0.05) is 6.04 Å². The van der Waals surface area contributed by atoms with Gasteiger partial charge >= 0.3 is 0 Å². The van der Waals surface area contributed by atoms with Crippen LogP contribution in [0, 0.1) is 23.7 Å². The van der Waals surface area contributed by atoms with Crippen molar-refractivity contribution in [3.8, 4) is 5.75 Å². The normalized spacial score (nSPS) is 21.1. The first kappa shape index (κ1) is 16.4. The van der Waals surface area contributed by atoms with E-state index in [0.29, 0.717) is 22.8 Å². The Hall–Kier alpha value is -1.02. The predicted octanol–water partition coefficient (Wildman–Crippen LogP) is 4.73. The maximum atomic E-state index is 5.40. The summed E-state index contributed by atoms with van der Waals surface area (Å²) in [5.41, 5.74) is 3.37. The van der Waals surface area contributed by atoms with Crippen molar-refractivity contribution in [1.82, 2.24) is 5.32 Å². The van der Waals surface area contributed by atoms with Gasteiger partial charge in [0.05, 0.1) is 7.11 Å². The molecule has 1 unspecified atom stereocenters. The zero-order chi connectivity index (χ0) is 15.8. The molecule has 2 heteroatoms. The van der Waals surface area contributed by atoms with E-state index in [9.17, 15) is 0 Å². The monoisotopic (exact) mass is 289 g/mol. The molecule has 1 aliphatic rings. The SMILES string of the molecule is CCCNC(c1ccc(OC)c(C)c1)C1C(C)(C)C1(C)C. The Bertz CT molecular complexity index is 490. The maximum Gasteiger partial charge on any atom is 0.121 e. The molecule has 1 aromatic rings. The van der Waals surface area contributed by atoms with Gasteiger partial charge in [-0.15, -0.1) is 0 Å². The molecule has 0 radical (unpaired) electrons. The average molecular weight is 289 g/mol. The summed E-state index contributed by atoms with van der Waals surface area (Å²) >= 11 is 0. The zero-order valence-electron chi connectivity index (χ0n) is 14.7. The molecule has 1 aromatic carbocycles. The van der Waals surface area contributed by atoms with Crippen LogP contribution in [-0.2, 0) is 0 Å². The van der Waals surface area contributed by atoms with Gasteiger partial charge in [0.1, 0.15) is 5.75 Å². The van der Waals surface area contributed by atoms with Crippen LogP contribution in [0.2, 0.25) is 0 Å². The third kappa shape index (κ3) is 2.70. The first-order valence-corrected chi connectivity index (χ1v) is 8.15. The lowest BCUT2D eigenvalue weighted by molar-refractivity contribution is 0.402. The summed E-state index contributed by atoms with van der Waals surface area (Å²) in [7, 11) is 1.74. The Labute approximate surface area is 130 Å². The molecule has 2 nitrogen and oxygen atoms in total. The summed E-state index contributed by atoms with van der Waals surface area (Å²) in [4.78, 5) is 0. The van der Waals surface area contributed by atoms with E-state index in [2.05, 4.69) is 65.1 Å². The van der Waals surface area contributed by atoms with Gasteiger partial charge < -0.3 is 10.1 Å². The van der Waals surface area contributed by atoms with Crippen LogP contribution in [0.15, 0.2) is 18.2 Å². The molecule has 0 bridgehead atoms. The van der Waals surface area contributed by atoms with E-state index in [1.807, 2.05) is 0 Å². The largest absolute Gasteiger partial charge is 0.496 e. The van der Waals surface area contributed by atoms with Gasteiger partial charge in [0.25, 0.3) is 0 Å². The fraction of sp³-hybridized carbons (Fsp3) is 0.684. The molecule has 2 rings (SSSR count). The van der Waals surface area contributed by atoms with Gasteiger partial charge in [0.15, 0.2) is 0 Å². The lowest BCUT2D eigenvalue weighted by Crippen LogP contribution is -2.26. The van der Waals surface area contributed by atoms with Crippen LogP contribution in [0.25, 0.3) is 0 Å². The van der Waals surface area contributed by atoms with Crippen LogP contribution in [0.3, 0.4) is 0 Å². The van der Waals surface area contributed by atoms with Gasteiger partial charge in [-0.05, 0) is 53.8 Å². The Morgan fingerprint density at radius 2 is 1.81 bits per heavy atom. The number of hydrogen-bond acceptors (Lipinski definition) is 2. The van der Waals surface area contributed by atoms with Gasteiger partial charge in [0.2, 0.25) is 0 Å². The molecule has 1 N–H and O–H groups in total. The van der Waals surface area contributed by atoms with Crippen molar-refractivity contribution >= 4 is 0 Å². The van der Waals surface area contributed by atoms with Crippen molar-refractivity contribution in [2.75, 3.05) is 13.7 Å². The first-order valence-electron chi connectivity index (χ1n) is 8.15. The van der Waals surface area contributed by atoms with Crippen molar-refractivity contribution in [3.05, 3.63) is 29.3 Å². The number of methoxy groups -OCH3 is 1. The van der Waals surface area contributed by atoms with Crippen LogP contribution in [0.4, 0.5) is 0 Å². The minimum absolute atomic E-state index is 0.381. The second kappa shape index (κ2) is 5.64. The maximum absolute atomic E-state index is 5.40. The molecule has 0 saturated heterocycles. The van der Waals surface area contributed by atoms with Crippen LogP contribution in [-0.4, -0.2) is 13.7 Å². The smallest absolute Gasteiger partial charge is 0.121 e. The standard InChI is InChI=1S/C19H31NO/c1-8-11-20-16(17-18(3,4)19(17,5)6)14-9-10-15(21-7)13(2)12-14/h9-10,12,16-17,20H,8,11H2,1-7H3. The van der Waals surface area contributed by atoms with Crippen LogP contribution >= 0.6 is 0 Å². The Morgan fingerprint density at radius 3 is 2.24 bits per heavy atom.